The fourth-order valence-corrected chi connectivity index (χ4v) is 4.58. The van der Waals surface area contributed by atoms with Crippen molar-refractivity contribution in [2.45, 2.75) is 32.9 Å². The van der Waals surface area contributed by atoms with Crippen molar-refractivity contribution < 1.29 is 0 Å². The van der Waals surface area contributed by atoms with Crippen LogP contribution >= 0.6 is 0 Å². The van der Waals surface area contributed by atoms with Crippen LogP contribution in [0.5, 0.6) is 0 Å². The lowest BCUT2D eigenvalue weighted by Gasteiger charge is -2.21. The van der Waals surface area contributed by atoms with Crippen molar-refractivity contribution in [3.8, 4) is 0 Å². The van der Waals surface area contributed by atoms with Crippen molar-refractivity contribution >= 4 is 0 Å². The zero-order valence-electron chi connectivity index (χ0n) is 15.4. The molecule has 5 nitrogen and oxygen atoms in total. The predicted octanol–water partition coefficient (Wildman–Crippen LogP) is 2.47. The largest absolute Gasteiger partial charge is 0.299 e. The van der Waals surface area contributed by atoms with E-state index in [1.54, 1.807) is 0 Å². The molecule has 0 radical (unpaired) electrons. The smallest absolute Gasteiger partial charge is 0.0638 e. The van der Waals surface area contributed by atoms with E-state index in [9.17, 15) is 0 Å². The maximum Gasteiger partial charge on any atom is 0.0638 e. The number of hydrogen-bond donors (Lipinski definition) is 0. The van der Waals surface area contributed by atoms with Gasteiger partial charge in [0.2, 0.25) is 0 Å². The van der Waals surface area contributed by atoms with E-state index in [1.807, 2.05) is 30.2 Å². The second-order valence-corrected chi connectivity index (χ2v) is 7.84. The average molecular weight is 339 g/mol. The Kier molecular flexibility index (Phi) is 4.86. The van der Waals surface area contributed by atoms with E-state index in [-0.39, 0.29) is 0 Å². The molecule has 0 saturated carbocycles. The van der Waals surface area contributed by atoms with E-state index in [0.29, 0.717) is 0 Å². The minimum atomic E-state index is 0.857. The molecule has 2 aliphatic heterocycles. The third-order valence-corrected chi connectivity index (χ3v) is 5.92. The molecule has 134 valence electrons. The molecule has 25 heavy (non-hydrogen) atoms. The summed E-state index contributed by atoms with van der Waals surface area (Å²) in [5.41, 5.74) is 3.90. The van der Waals surface area contributed by atoms with Gasteiger partial charge in [0, 0.05) is 57.4 Å². The highest BCUT2D eigenvalue weighted by Crippen LogP contribution is 2.33. The molecule has 0 N–H and O–H groups in total. The molecule has 0 aromatic carbocycles. The quantitative estimate of drug-likeness (QED) is 0.857. The summed E-state index contributed by atoms with van der Waals surface area (Å²) < 4.78 is 1.94. The highest BCUT2D eigenvalue weighted by molar-refractivity contribution is 5.15. The molecule has 0 amide bonds. The van der Waals surface area contributed by atoms with Crippen molar-refractivity contribution in [3.63, 3.8) is 0 Å². The number of hydrogen-bond acceptors (Lipinski definition) is 4. The first-order valence-corrected chi connectivity index (χ1v) is 9.50. The third kappa shape index (κ3) is 3.93. The monoisotopic (exact) mass is 339 g/mol. The average Bonchev–Trinajstić information content (AvgIpc) is 3.07. The number of nitrogens with zero attached hydrogens (tertiary/aromatic N) is 5. The fraction of sp³-hybridized carbons (Fsp3) is 0.600. The van der Waals surface area contributed by atoms with E-state index >= 15 is 0 Å². The summed E-state index contributed by atoms with van der Waals surface area (Å²) >= 11 is 0. The van der Waals surface area contributed by atoms with Crippen molar-refractivity contribution in [3.05, 3.63) is 47.5 Å². The normalized spacial score (nSPS) is 25.0. The molecule has 2 saturated heterocycles. The Morgan fingerprint density at radius 3 is 2.44 bits per heavy atom. The van der Waals surface area contributed by atoms with E-state index in [1.165, 1.54) is 55.8 Å². The standard InChI is InChI=1S/C20H29N5/c1-16-20(12-23(2)22-16)15-25-13-18-5-8-24(9-6-19(18)14-25)11-17-4-3-7-21-10-17/h3-4,7,10,12,18-19H,5-6,8-9,11,13-15H2,1-2H3/t18-,19+. The van der Waals surface area contributed by atoms with Gasteiger partial charge in [-0.2, -0.15) is 5.10 Å². The highest BCUT2D eigenvalue weighted by Gasteiger charge is 2.34. The molecule has 0 unspecified atom stereocenters. The Balaban J connectivity index is 1.32. The van der Waals surface area contributed by atoms with Crippen LogP contribution in [0.25, 0.3) is 0 Å². The number of fused-ring (bicyclic) bond motifs is 1. The lowest BCUT2D eigenvalue weighted by atomic mass is 9.92. The van der Waals surface area contributed by atoms with Crippen LogP contribution in [0.3, 0.4) is 0 Å². The highest BCUT2D eigenvalue weighted by atomic mass is 15.3. The van der Waals surface area contributed by atoms with Gasteiger partial charge in [0.25, 0.3) is 0 Å². The Hall–Kier alpha value is -1.72. The molecule has 2 aromatic heterocycles. The number of pyridine rings is 1. The van der Waals surface area contributed by atoms with Crippen LogP contribution < -0.4 is 0 Å². The van der Waals surface area contributed by atoms with Crippen molar-refractivity contribution in [2.75, 3.05) is 26.2 Å². The molecule has 4 heterocycles. The van der Waals surface area contributed by atoms with E-state index < -0.39 is 0 Å². The van der Waals surface area contributed by atoms with Crippen molar-refractivity contribution in [1.29, 1.82) is 0 Å². The van der Waals surface area contributed by atoms with Crippen LogP contribution in [0, 0.1) is 18.8 Å². The summed E-state index contributed by atoms with van der Waals surface area (Å²) in [6.45, 7) is 9.17. The lowest BCUT2D eigenvalue weighted by Crippen LogP contribution is -2.27. The first kappa shape index (κ1) is 16.7. The van der Waals surface area contributed by atoms with Gasteiger partial charge in [0.05, 0.1) is 5.69 Å². The molecule has 4 rings (SSSR count). The predicted molar refractivity (Wildman–Crippen MR) is 99.0 cm³/mol. The van der Waals surface area contributed by atoms with Gasteiger partial charge in [-0.05, 0) is 56.3 Å². The molecule has 5 heteroatoms. The molecule has 2 fully saturated rings. The van der Waals surface area contributed by atoms with Crippen LogP contribution in [0.2, 0.25) is 0 Å². The minimum Gasteiger partial charge on any atom is -0.299 e. The van der Waals surface area contributed by atoms with E-state index in [2.05, 4.69) is 39.1 Å². The fourth-order valence-electron chi connectivity index (χ4n) is 4.58. The zero-order chi connectivity index (χ0) is 17.2. The second kappa shape index (κ2) is 7.26. The first-order chi connectivity index (χ1) is 12.2. The van der Waals surface area contributed by atoms with Crippen molar-refractivity contribution in [2.24, 2.45) is 18.9 Å². The molecule has 2 atom stereocenters. The van der Waals surface area contributed by atoms with Gasteiger partial charge >= 0.3 is 0 Å². The van der Waals surface area contributed by atoms with Gasteiger partial charge < -0.3 is 0 Å². The molecule has 0 aliphatic carbocycles. The molecular weight excluding hydrogens is 310 g/mol. The lowest BCUT2D eigenvalue weighted by molar-refractivity contribution is 0.248. The molecule has 0 spiro atoms. The van der Waals surface area contributed by atoms with Crippen LogP contribution in [-0.2, 0) is 20.1 Å². The van der Waals surface area contributed by atoms with Gasteiger partial charge in [-0.15, -0.1) is 0 Å². The number of aromatic nitrogens is 3. The minimum absolute atomic E-state index is 0.857. The maximum absolute atomic E-state index is 4.49. The Morgan fingerprint density at radius 2 is 1.84 bits per heavy atom. The molecule has 0 bridgehead atoms. The van der Waals surface area contributed by atoms with Crippen LogP contribution in [0.15, 0.2) is 30.7 Å². The number of aryl methyl sites for hydroxylation is 2. The van der Waals surface area contributed by atoms with E-state index in [4.69, 9.17) is 0 Å². The second-order valence-electron chi connectivity index (χ2n) is 7.84. The molecular formula is C20H29N5. The summed E-state index contributed by atoms with van der Waals surface area (Å²) in [6, 6.07) is 4.23. The van der Waals surface area contributed by atoms with E-state index in [0.717, 1.165) is 24.9 Å². The summed E-state index contributed by atoms with van der Waals surface area (Å²) in [6.07, 6.45) is 8.69. The van der Waals surface area contributed by atoms with Gasteiger partial charge in [0.1, 0.15) is 0 Å². The number of rotatable bonds is 4. The van der Waals surface area contributed by atoms with Gasteiger partial charge in [-0.25, -0.2) is 0 Å². The Labute approximate surface area is 150 Å². The third-order valence-electron chi connectivity index (χ3n) is 5.92. The summed E-state index contributed by atoms with van der Waals surface area (Å²) in [7, 11) is 2.02. The van der Waals surface area contributed by atoms with Crippen LogP contribution in [-0.4, -0.2) is 50.7 Å². The zero-order valence-corrected chi connectivity index (χ0v) is 15.4. The first-order valence-electron chi connectivity index (χ1n) is 9.50. The van der Waals surface area contributed by atoms with Gasteiger partial charge in [-0.3, -0.25) is 19.5 Å². The topological polar surface area (TPSA) is 37.2 Å². The summed E-state index contributed by atoms with van der Waals surface area (Å²) in [5, 5.41) is 4.49. The Bertz CT molecular complexity index is 679. The van der Waals surface area contributed by atoms with Gasteiger partial charge in [0.15, 0.2) is 0 Å². The summed E-state index contributed by atoms with van der Waals surface area (Å²) in [4.78, 5) is 9.51. The molecule has 2 aromatic rings. The summed E-state index contributed by atoms with van der Waals surface area (Å²) in [5.74, 6) is 1.71. The van der Waals surface area contributed by atoms with Crippen LogP contribution in [0.1, 0.15) is 29.7 Å². The van der Waals surface area contributed by atoms with Crippen molar-refractivity contribution in [1.82, 2.24) is 24.6 Å². The maximum atomic E-state index is 4.49. The van der Waals surface area contributed by atoms with Gasteiger partial charge in [-0.1, -0.05) is 6.07 Å². The molecule has 2 aliphatic rings. The van der Waals surface area contributed by atoms with Crippen LogP contribution in [0.4, 0.5) is 0 Å². The Morgan fingerprint density at radius 1 is 1.08 bits per heavy atom. The number of likely N-dealkylation sites (tertiary alicyclic amines) is 2. The SMILES string of the molecule is Cc1nn(C)cc1CN1C[C@H]2CCN(Cc3cccnc3)CC[C@H]2C1.